The number of carbonyl (C=O) groups excluding carboxylic acids is 1. The van der Waals surface area contributed by atoms with Crippen LogP contribution in [0.3, 0.4) is 0 Å². The first-order valence-electron chi connectivity index (χ1n) is 6.26. The molecule has 0 bridgehead atoms. The molecule has 6 heteroatoms. The zero-order valence-electron chi connectivity index (χ0n) is 12.0. The minimum atomic E-state index is -0.513. The highest BCUT2D eigenvalue weighted by Gasteiger charge is 2.24. The fourth-order valence-electron chi connectivity index (χ4n) is 1.88. The molecule has 0 radical (unpaired) electrons. The van der Waals surface area contributed by atoms with Crippen molar-refractivity contribution in [1.82, 2.24) is 20.3 Å². The average molecular weight is 274 g/mol. The summed E-state index contributed by atoms with van der Waals surface area (Å²) >= 11 is 0. The lowest BCUT2D eigenvalue weighted by Gasteiger charge is -2.26. The maximum atomic E-state index is 12.1. The largest absolute Gasteiger partial charge is 0.497 e. The van der Waals surface area contributed by atoms with E-state index in [4.69, 9.17) is 4.74 Å². The first kappa shape index (κ1) is 14.0. The van der Waals surface area contributed by atoms with E-state index in [0.717, 1.165) is 11.3 Å². The van der Waals surface area contributed by atoms with Gasteiger partial charge in [0, 0.05) is 7.05 Å². The zero-order chi connectivity index (χ0) is 14.8. The van der Waals surface area contributed by atoms with Crippen LogP contribution in [0.2, 0.25) is 0 Å². The Morgan fingerprint density at radius 3 is 2.45 bits per heavy atom. The number of aromatic nitrogens is 3. The Kier molecular flexibility index (Phi) is 3.74. The monoisotopic (exact) mass is 274 g/mol. The number of ether oxygens (including phenoxy) is 1. The molecule has 20 heavy (non-hydrogen) atoms. The molecule has 6 nitrogen and oxygen atoms in total. The van der Waals surface area contributed by atoms with E-state index in [1.165, 1.54) is 4.68 Å². The lowest BCUT2D eigenvalue weighted by atomic mass is 9.94. The number of benzene rings is 1. The van der Waals surface area contributed by atoms with Crippen LogP contribution in [0.25, 0.3) is 0 Å². The minimum absolute atomic E-state index is 0.251. The molecule has 0 unspecified atom stereocenters. The molecule has 1 aromatic heterocycles. The summed E-state index contributed by atoms with van der Waals surface area (Å²) in [5.74, 6) is 0.531. The van der Waals surface area contributed by atoms with Gasteiger partial charge in [0.2, 0.25) is 0 Å². The van der Waals surface area contributed by atoms with E-state index in [-0.39, 0.29) is 5.91 Å². The Morgan fingerprint density at radius 1 is 1.30 bits per heavy atom. The van der Waals surface area contributed by atoms with Gasteiger partial charge >= 0.3 is 0 Å². The van der Waals surface area contributed by atoms with Gasteiger partial charge in [0.25, 0.3) is 5.91 Å². The van der Waals surface area contributed by atoms with Crippen molar-refractivity contribution in [2.24, 2.45) is 7.05 Å². The van der Waals surface area contributed by atoms with Gasteiger partial charge in [-0.25, -0.2) is 0 Å². The molecule has 0 fully saturated rings. The van der Waals surface area contributed by atoms with E-state index in [0.29, 0.717) is 5.69 Å². The number of rotatable bonds is 4. The highest BCUT2D eigenvalue weighted by molar-refractivity contribution is 5.92. The summed E-state index contributed by atoms with van der Waals surface area (Å²) in [6.07, 6.45) is 1.58. The number of hydrogen-bond acceptors (Lipinski definition) is 4. The smallest absolute Gasteiger partial charge is 0.274 e. The Balaban J connectivity index is 2.15. The SMILES string of the molecule is COc1ccc(C(C)(C)NC(=O)c2cn(C)nn2)cc1. The van der Waals surface area contributed by atoms with Crippen LogP contribution in [-0.2, 0) is 12.6 Å². The molecule has 0 aliphatic rings. The predicted molar refractivity (Wildman–Crippen MR) is 74.5 cm³/mol. The molecule has 0 atom stereocenters. The molecular weight excluding hydrogens is 256 g/mol. The first-order valence-corrected chi connectivity index (χ1v) is 6.26. The van der Waals surface area contributed by atoms with Gasteiger partial charge in [-0.3, -0.25) is 9.48 Å². The molecule has 1 heterocycles. The summed E-state index contributed by atoms with van der Waals surface area (Å²) in [5, 5.41) is 10.5. The number of nitrogens with one attached hydrogen (secondary N) is 1. The van der Waals surface area contributed by atoms with Gasteiger partial charge in [-0.1, -0.05) is 17.3 Å². The van der Waals surface area contributed by atoms with E-state index in [2.05, 4.69) is 15.6 Å². The maximum Gasteiger partial charge on any atom is 0.274 e. The van der Waals surface area contributed by atoms with Crippen LogP contribution in [0.5, 0.6) is 5.75 Å². The van der Waals surface area contributed by atoms with Gasteiger partial charge < -0.3 is 10.1 Å². The number of amides is 1. The Morgan fingerprint density at radius 2 is 1.95 bits per heavy atom. The highest BCUT2D eigenvalue weighted by atomic mass is 16.5. The summed E-state index contributed by atoms with van der Waals surface area (Å²) < 4.78 is 6.62. The molecule has 2 rings (SSSR count). The fraction of sp³-hybridized carbons (Fsp3) is 0.357. The van der Waals surface area contributed by atoms with Crippen LogP contribution in [-0.4, -0.2) is 28.0 Å². The van der Waals surface area contributed by atoms with E-state index < -0.39 is 5.54 Å². The van der Waals surface area contributed by atoms with Crippen molar-refractivity contribution in [3.63, 3.8) is 0 Å². The topological polar surface area (TPSA) is 69.0 Å². The third kappa shape index (κ3) is 2.96. The van der Waals surface area contributed by atoms with Crippen LogP contribution in [0.4, 0.5) is 0 Å². The summed E-state index contributed by atoms with van der Waals surface area (Å²) in [7, 11) is 3.34. The van der Waals surface area contributed by atoms with Crippen LogP contribution in [0.1, 0.15) is 29.9 Å². The lowest BCUT2D eigenvalue weighted by Crippen LogP contribution is -2.41. The molecule has 1 N–H and O–H groups in total. The van der Waals surface area contributed by atoms with Gasteiger partial charge in [-0.15, -0.1) is 5.10 Å². The van der Waals surface area contributed by atoms with E-state index in [1.807, 2.05) is 38.1 Å². The van der Waals surface area contributed by atoms with Crippen molar-refractivity contribution >= 4 is 5.91 Å². The number of carbonyl (C=O) groups is 1. The van der Waals surface area contributed by atoms with Gasteiger partial charge in [-0.2, -0.15) is 0 Å². The summed E-state index contributed by atoms with van der Waals surface area (Å²) in [4.78, 5) is 12.1. The van der Waals surface area contributed by atoms with E-state index >= 15 is 0 Å². The van der Waals surface area contributed by atoms with Crippen LogP contribution >= 0.6 is 0 Å². The summed E-state index contributed by atoms with van der Waals surface area (Å²) in [6, 6.07) is 7.59. The van der Waals surface area contributed by atoms with Crippen molar-refractivity contribution in [2.75, 3.05) is 7.11 Å². The number of nitrogens with zero attached hydrogens (tertiary/aromatic N) is 3. The number of methoxy groups -OCH3 is 1. The second-order valence-electron chi connectivity index (χ2n) is 5.09. The lowest BCUT2D eigenvalue weighted by molar-refractivity contribution is 0.0907. The Labute approximate surface area is 117 Å². The van der Waals surface area contributed by atoms with Crippen molar-refractivity contribution in [3.05, 3.63) is 41.7 Å². The van der Waals surface area contributed by atoms with Gasteiger partial charge in [0.05, 0.1) is 18.8 Å². The molecule has 2 aromatic rings. The molecule has 0 spiro atoms. The molecule has 0 aliphatic carbocycles. The number of hydrogen-bond donors (Lipinski definition) is 1. The average Bonchev–Trinajstić information content (AvgIpc) is 2.85. The van der Waals surface area contributed by atoms with E-state index in [1.54, 1.807) is 20.4 Å². The molecule has 106 valence electrons. The molecule has 1 amide bonds. The molecular formula is C14H18N4O2. The summed E-state index contributed by atoms with van der Waals surface area (Å²) in [6.45, 7) is 3.87. The van der Waals surface area contributed by atoms with Crippen molar-refractivity contribution in [2.45, 2.75) is 19.4 Å². The molecule has 1 aromatic carbocycles. The van der Waals surface area contributed by atoms with Crippen molar-refractivity contribution in [1.29, 1.82) is 0 Å². The molecule has 0 aliphatic heterocycles. The second kappa shape index (κ2) is 5.32. The normalized spacial score (nSPS) is 11.2. The fourth-order valence-corrected chi connectivity index (χ4v) is 1.88. The standard InChI is InChI=1S/C14H18N4O2/c1-14(2,10-5-7-11(20-4)8-6-10)15-13(19)12-9-18(3)17-16-12/h5-9H,1-4H3,(H,15,19). The van der Waals surface area contributed by atoms with Crippen LogP contribution < -0.4 is 10.1 Å². The highest BCUT2D eigenvalue weighted by Crippen LogP contribution is 2.23. The number of aryl methyl sites for hydroxylation is 1. The van der Waals surface area contributed by atoms with Gasteiger partial charge in [-0.05, 0) is 31.5 Å². The minimum Gasteiger partial charge on any atom is -0.497 e. The quantitative estimate of drug-likeness (QED) is 0.917. The molecule has 0 saturated heterocycles. The third-order valence-electron chi connectivity index (χ3n) is 3.07. The van der Waals surface area contributed by atoms with Crippen LogP contribution in [0, 0.1) is 0 Å². The molecule has 0 saturated carbocycles. The predicted octanol–water partition coefficient (Wildman–Crippen LogP) is 1.49. The van der Waals surface area contributed by atoms with Crippen molar-refractivity contribution in [3.8, 4) is 5.75 Å². The Hall–Kier alpha value is -2.37. The second-order valence-corrected chi connectivity index (χ2v) is 5.09. The third-order valence-corrected chi connectivity index (χ3v) is 3.07. The van der Waals surface area contributed by atoms with E-state index in [9.17, 15) is 4.79 Å². The Bertz CT molecular complexity index is 602. The van der Waals surface area contributed by atoms with Crippen LogP contribution in [0.15, 0.2) is 30.5 Å². The first-order chi connectivity index (χ1) is 9.42. The zero-order valence-corrected chi connectivity index (χ0v) is 12.0. The van der Waals surface area contributed by atoms with Gasteiger partial charge in [0.15, 0.2) is 5.69 Å². The summed E-state index contributed by atoms with van der Waals surface area (Å²) in [5.41, 5.74) is 0.769. The maximum absolute atomic E-state index is 12.1. The van der Waals surface area contributed by atoms with Gasteiger partial charge in [0.1, 0.15) is 5.75 Å². The van der Waals surface area contributed by atoms with Crippen molar-refractivity contribution < 1.29 is 9.53 Å².